The van der Waals surface area contributed by atoms with Crippen molar-refractivity contribution in [2.24, 2.45) is 5.73 Å². The van der Waals surface area contributed by atoms with Crippen LogP contribution in [0.15, 0.2) is 48.8 Å². The Morgan fingerprint density at radius 1 is 1.10 bits per heavy atom. The van der Waals surface area contributed by atoms with E-state index in [1.807, 2.05) is 18.5 Å². The van der Waals surface area contributed by atoms with Gasteiger partial charge in [-0.15, -0.1) is 0 Å². The van der Waals surface area contributed by atoms with E-state index in [9.17, 15) is 0 Å². The van der Waals surface area contributed by atoms with Crippen molar-refractivity contribution in [3.63, 3.8) is 0 Å². The van der Waals surface area contributed by atoms with Gasteiger partial charge in [-0.1, -0.05) is 18.2 Å². The summed E-state index contributed by atoms with van der Waals surface area (Å²) in [6.07, 6.45) is 6.25. The van der Waals surface area contributed by atoms with Gasteiger partial charge in [-0.25, -0.2) is 0 Å². The summed E-state index contributed by atoms with van der Waals surface area (Å²) < 4.78 is 0. The average Bonchev–Trinajstić information content (AvgIpc) is 2.56. The van der Waals surface area contributed by atoms with Gasteiger partial charge in [0.15, 0.2) is 0 Å². The molecule has 3 heteroatoms. The number of piperidine rings is 1. The summed E-state index contributed by atoms with van der Waals surface area (Å²) in [7, 11) is 0. The first kappa shape index (κ1) is 13.1. The number of nitrogens with two attached hydrogens (primary N) is 1. The molecule has 0 aliphatic carbocycles. The van der Waals surface area contributed by atoms with E-state index in [2.05, 4.69) is 40.2 Å². The van der Waals surface area contributed by atoms with Gasteiger partial charge in [-0.2, -0.15) is 0 Å². The van der Waals surface area contributed by atoms with Gasteiger partial charge in [0.05, 0.1) is 0 Å². The molecule has 3 nitrogen and oxygen atoms in total. The van der Waals surface area contributed by atoms with Crippen LogP contribution >= 0.6 is 0 Å². The molecule has 104 valence electrons. The van der Waals surface area contributed by atoms with E-state index < -0.39 is 0 Å². The second-order valence-electron chi connectivity index (χ2n) is 5.42. The highest BCUT2D eigenvalue weighted by atomic mass is 15.1. The minimum Gasteiger partial charge on any atom is -0.371 e. The molecule has 0 radical (unpaired) electrons. The van der Waals surface area contributed by atoms with Crippen molar-refractivity contribution in [1.82, 2.24) is 4.98 Å². The Kier molecular flexibility index (Phi) is 3.97. The molecule has 0 spiro atoms. The fraction of sp³-hybridized carbons (Fsp3) is 0.353. The largest absolute Gasteiger partial charge is 0.371 e. The van der Waals surface area contributed by atoms with E-state index in [0.717, 1.165) is 13.1 Å². The predicted octanol–water partition coefficient (Wildman–Crippen LogP) is 2.92. The molecule has 1 saturated heterocycles. The number of rotatable bonds is 3. The molecule has 1 aliphatic heterocycles. The fourth-order valence-electron chi connectivity index (χ4n) is 2.93. The molecule has 0 unspecified atom stereocenters. The molecular weight excluding hydrogens is 246 g/mol. The summed E-state index contributed by atoms with van der Waals surface area (Å²) in [4.78, 5) is 6.70. The van der Waals surface area contributed by atoms with E-state index in [1.165, 1.54) is 29.7 Å². The zero-order valence-electron chi connectivity index (χ0n) is 11.7. The number of hydrogen-bond donors (Lipinski definition) is 1. The first-order chi connectivity index (χ1) is 9.86. The maximum absolute atomic E-state index is 5.64. The second-order valence-corrected chi connectivity index (χ2v) is 5.42. The third-order valence-corrected chi connectivity index (χ3v) is 4.19. The van der Waals surface area contributed by atoms with Gasteiger partial charge in [0, 0.05) is 37.7 Å². The molecule has 2 N–H and O–H groups in total. The Morgan fingerprint density at radius 3 is 2.45 bits per heavy atom. The molecule has 1 aromatic heterocycles. The predicted molar refractivity (Wildman–Crippen MR) is 82.8 cm³/mol. The molecule has 2 aromatic rings. The molecule has 1 fully saturated rings. The van der Waals surface area contributed by atoms with E-state index in [-0.39, 0.29) is 0 Å². The van der Waals surface area contributed by atoms with Gasteiger partial charge in [-0.3, -0.25) is 4.98 Å². The molecular formula is C17H21N3. The summed E-state index contributed by atoms with van der Waals surface area (Å²) in [5.74, 6) is 0.656. The normalized spacial score (nSPS) is 16.4. The van der Waals surface area contributed by atoms with Gasteiger partial charge in [0.1, 0.15) is 0 Å². The van der Waals surface area contributed by atoms with Gasteiger partial charge >= 0.3 is 0 Å². The van der Waals surface area contributed by atoms with Crippen molar-refractivity contribution in [3.05, 3.63) is 59.9 Å². The van der Waals surface area contributed by atoms with Crippen LogP contribution in [0.1, 0.15) is 29.9 Å². The standard InChI is InChI=1S/C17H21N3/c18-12-14-3-5-17(6-4-14)20-10-7-15(8-11-20)16-2-1-9-19-13-16/h1-6,9,13,15H,7-8,10-12,18H2. The van der Waals surface area contributed by atoms with Crippen LogP contribution in [0.2, 0.25) is 0 Å². The Bertz CT molecular complexity index is 528. The number of anilines is 1. The molecule has 0 bridgehead atoms. The summed E-state index contributed by atoms with van der Waals surface area (Å²) in [5.41, 5.74) is 9.53. The van der Waals surface area contributed by atoms with Gasteiger partial charge < -0.3 is 10.6 Å². The second kappa shape index (κ2) is 6.06. The van der Waals surface area contributed by atoms with Crippen molar-refractivity contribution in [2.45, 2.75) is 25.3 Å². The number of pyridine rings is 1. The van der Waals surface area contributed by atoms with Crippen LogP contribution in [0.4, 0.5) is 5.69 Å². The van der Waals surface area contributed by atoms with E-state index in [1.54, 1.807) is 0 Å². The molecule has 0 amide bonds. The quantitative estimate of drug-likeness (QED) is 0.929. The maximum atomic E-state index is 5.64. The molecule has 3 rings (SSSR count). The van der Waals surface area contributed by atoms with Crippen LogP contribution in [0.3, 0.4) is 0 Å². The highest BCUT2D eigenvalue weighted by Gasteiger charge is 2.20. The molecule has 0 atom stereocenters. The minimum absolute atomic E-state index is 0.614. The van der Waals surface area contributed by atoms with Crippen LogP contribution in [0.5, 0.6) is 0 Å². The Hall–Kier alpha value is -1.87. The topological polar surface area (TPSA) is 42.1 Å². The molecule has 1 aromatic carbocycles. The summed E-state index contributed by atoms with van der Waals surface area (Å²) >= 11 is 0. The van der Waals surface area contributed by atoms with Crippen molar-refractivity contribution in [1.29, 1.82) is 0 Å². The zero-order chi connectivity index (χ0) is 13.8. The lowest BCUT2D eigenvalue weighted by molar-refractivity contribution is 0.504. The monoisotopic (exact) mass is 267 g/mol. The van der Waals surface area contributed by atoms with Crippen LogP contribution in [0.25, 0.3) is 0 Å². The molecule has 20 heavy (non-hydrogen) atoms. The van der Waals surface area contributed by atoms with E-state index in [4.69, 9.17) is 5.73 Å². The smallest absolute Gasteiger partial charge is 0.0366 e. The van der Waals surface area contributed by atoms with E-state index in [0.29, 0.717) is 12.5 Å². The van der Waals surface area contributed by atoms with Crippen LogP contribution in [0, 0.1) is 0 Å². The number of hydrogen-bond acceptors (Lipinski definition) is 3. The fourth-order valence-corrected chi connectivity index (χ4v) is 2.93. The lowest BCUT2D eigenvalue weighted by Gasteiger charge is -2.33. The highest BCUT2D eigenvalue weighted by Crippen LogP contribution is 2.29. The maximum Gasteiger partial charge on any atom is 0.0366 e. The third kappa shape index (κ3) is 2.83. The SMILES string of the molecule is NCc1ccc(N2CCC(c3cccnc3)CC2)cc1. The molecule has 2 heterocycles. The first-order valence-corrected chi connectivity index (χ1v) is 7.30. The highest BCUT2D eigenvalue weighted by molar-refractivity contribution is 5.48. The Morgan fingerprint density at radius 2 is 1.85 bits per heavy atom. The van der Waals surface area contributed by atoms with Crippen molar-refractivity contribution in [2.75, 3.05) is 18.0 Å². The van der Waals surface area contributed by atoms with Crippen molar-refractivity contribution < 1.29 is 0 Å². The number of aromatic nitrogens is 1. The number of benzene rings is 1. The van der Waals surface area contributed by atoms with Crippen LogP contribution in [-0.2, 0) is 6.54 Å². The number of nitrogens with zero attached hydrogens (tertiary/aromatic N) is 2. The van der Waals surface area contributed by atoms with Gasteiger partial charge in [0.2, 0.25) is 0 Å². The average molecular weight is 267 g/mol. The van der Waals surface area contributed by atoms with Crippen molar-refractivity contribution in [3.8, 4) is 0 Å². The summed E-state index contributed by atoms with van der Waals surface area (Å²) in [5, 5.41) is 0. The van der Waals surface area contributed by atoms with Crippen molar-refractivity contribution >= 4 is 5.69 Å². The Labute approximate surface area is 120 Å². The molecule has 0 saturated carbocycles. The Balaban J connectivity index is 1.63. The van der Waals surface area contributed by atoms with Gasteiger partial charge in [0.25, 0.3) is 0 Å². The third-order valence-electron chi connectivity index (χ3n) is 4.19. The first-order valence-electron chi connectivity index (χ1n) is 7.30. The zero-order valence-corrected chi connectivity index (χ0v) is 11.7. The minimum atomic E-state index is 0.614. The lowest BCUT2D eigenvalue weighted by Crippen LogP contribution is -2.32. The van der Waals surface area contributed by atoms with E-state index >= 15 is 0 Å². The lowest BCUT2D eigenvalue weighted by atomic mass is 9.90. The summed E-state index contributed by atoms with van der Waals surface area (Å²) in [6.45, 7) is 2.84. The van der Waals surface area contributed by atoms with Crippen LogP contribution in [-0.4, -0.2) is 18.1 Å². The van der Waals surface area contributed by atoms with Crippen LogP contribution < -0.4 is 10.6 Å². The summed E-state index contributed by atoms with van der Waals surface area (Å²) in [6, 6.07) is 12.9. The van der Waals surface area contributed by atoms with Gasteiger partial charge in [-0.05, 0) is 48.1 Å². The molecule has 1 aliphatic rings.